The van der Waals surface area contributed by atoms with Crippen molar-refractivity contribution in [2.75, 3.05) is 32.1 Å². The SMILES string of the molecule is COc1ccc(NC(=O)C(=O)NCCCN2CCc3ccccc3C2)cc1. The molecule has 0 atom stereocenters. The predicted octanol–water partition coefficient (Wildman–Crippen LogP) is 2.20. The van der Waals surface area contributed by atoms with E-state index in [1.807, 2.05) is 0 Å². The molecule has 1 aliphatic rings. The van der Waals surface area contributed by atoms with Crippen molar-refractivity contribution in [3.8, 4) is 5.75 Å². The fourth-order valence-electron chi connectivity index (χ4n) is 3.19. The van der Waals surface area contributed by atoms with Crippen LogP contribution in [0.4, 0.5) is 5.69 Å². The highest BCUT2D eigenvalue weighted by Gasteiger charge is 2.16. The van der Waals surface area contributed by atoms with E-state index in [0.29, 0.717) is 18.0 Å². The van der Waals surface area contributed by atoms with Crippen molar-refractivity contribution in [2.24, 2.45) is 0 Å². The Labute approximate surface area is 159 Å². The van der Waals surface area contributed by atoms with E-state index >= 15 is 0 Å². The van der Waals surface area contributed by atoms with Crippen LogP contribution in [0.25, 0.3) is 0 Å². The van der Waals surface area contributed by atoms with E-state index in [1.54, 1.807) is 31.4 Å². The molecule has 0 bridgehead atoms. The molecule has 2 N–H and O–H groups in total. The molecule has 0 saturated carbocycles. The quantitative estimate of drug-likeness (QED) is 0.607. The molecule has 1 heterocycles. The molecule has 27 heavy (non-hydrogen) atoms. The van der Waals surface area contributed by atoms with Gasteiger partial charge in [0, 0.05) is 31.9 Å². The number of anilines is 1. The minimum atomic E-state index is -0.660. The highest BCUT2D eigenvalue weighted by atomic mass is 16.5. The molecule has 0 aliphatic carbocycles. The number of fused-ring (bicyclic) bond motifs is 1. The summed E-state index contributed by atoms with van der Waals surface area (Å²) in [5.74, 6) is -0.584. The summed E-state index contributed by atoms with van der Waals surface area (Å²) in [4.78, 5) is 26.2. The van der Waals surface area contributed by atoms with Gasteiger partial charge in [-0.15, -0.1) is 0 Å². The third-order valence-electron chi connectivity index (χ3n) is 4.70. The molecule has 1 aliphatic heterocycles. The average Bonchev–Trinajstić information content (AvgIpc) is 2.71. The molecule has 2 amide bonds. The lowest BCUT2D eigenvalue weighted by atomic mass is 10.00. The van der Waals surface area contributed by atoms with Crippen LogP contribution in [-0.2, 0) is 22.6 Å². The first-order valence-electron chi connectivity index (χ1n) is 9.18. The maximum absolute atomic E-state index is 11.9. The summed E-state index contributed by atoms with van der Waals surface area (Å²) in [6, 6.07) is 15.4. The van der Waals surface area contributed by atoms with Gasteiger partial charge in [-0.25, -0.2) is 0 Å². The number of nitrogens with one attached hydrogen (secondary N) is 2. The Morgan fingerprint density at radius 2 is 1.78 bits per heavy atom. The molecule has 2 aromatic carbocycles. The molecule has 0 spiro atoms. The van der Waals surface area contributed by atoms with Gasteiger partial charge in [-0.2, -0.15) is 0 Å². The Hall–Kier alpha value is -2.86. The second-order valence-electron chi connectivity index (χ2n) is 6.59. The van der Waals surface area contributed by atoms with E-state index in [2.05, 4.69) is 39.8 Å². The van der Waals surface area contributed by atoms with Gasteiger partial charge < -0.3 is 15.4 Å². The molecular weight excluding hydrogens is 342 g/mol. The van der Waals surface area contributed by atoms with Crippen LogP contribution < -0.4 is 15.4 Å². The molecule has 0 radical (unpaired) electrons. The van der Waals surface area contributed by atoms with Gasteiger partial charge >= 0.3 is 11.8 Å². The predicted molar refractivity (Wildman–Crippen MR) is 105 cm³/mol. The van der Waals surface area contributed by atoms with Crippen molar-refractivity contribution < 1.29 is 14.3 Å². The zero-order chi connectivity index (χ0) is 19.1. The number of carbonyl (C=O) groups excluding carboxylic acids is 2. The molecule has 142 valence electrons. The van der Waals surface area contributed by atoms with Crippen molar-refractivity contribution in [1.29, 1.82) is 0 Å². The Bertz CT molecular complexity index is 790. The Kier molecular flexibility index (Phi) is 6.44. The Balaban J connectivity index is 1.36. The molecule has 0 fully saturated rings. The third-order valence-corrected chi connectivity index (χ3v) is 4.70. The van der Waals surface area contributed by atoms with Gasteiger partial charge in [0.05, 0.1) is 7.11 Å². The zero-order valence-corrected chi connectivity index (χ0v) is 15.5. The highest BCUT2D eigenvalue weighted by molar-refractivity contribution is 6.39. The number of amides is 2. The molecule has 0 saturated heterocycles. The minimum absolute atomic E-state index is 0.479. The van der Waals surface area contributed by atoms with Gasteiger partial charge in [-0.3, -0.25) is 14.5 Å². The third kappa shape index (κ3) is 5.31. The second-order valence-corrected chi connectivity index (χ2v) is 6.59. The van der Waals surface area contributed by atoms with Crippen molar-refractivity contribution >= 4 is 17.5 Å². The molecule has 0 aromatic heterocycles. The van der Waals surface area contributed by atoms with Crippen LogP contribution in [0, 0.1) is 0 Å². The summed E-state index contributed by atoms with van der Waals surface area (Å²) in [5, 5.41) is 5.26. The Morgan fingerprint density at radius 3 is 2.52 bits per heavy atom. The topological polar surface area (TPSA) is 70.7 Å². The van der Waals surface area contributed by atoms with E-state index in [0.717, 1.165) is 32.5 Å². The van der Waals surface area contributed by atoms with E-state index < -0.39 is 11.8 Å². The second kappa shape index (κ2) is 9.19. The van der Waals surface area contributed by atoms with Gasteiger partial charge in [-0.05, 0) is 48.2 Å². The molecular formula is C21H25N3O3. The largest absolute Gasteiger partial charge is 0.497 e. The van der Waals surface area contributed by atoms with Crippen LogP contribution in [0.1, 0.15) is 17.5 Å². The van der Waals surface area contributed by atoms with Crippen molar-refractivity contribution in [3.05, 3.63) is 59.7 Å². The molecule has 0 unspecified atom stereocenters. The fourth-order valence-corrected chi connectivity index (χ4v) is 3.19. The lowest BCUT2D eigenvalue weighted by Crippen LogP contribution is -2.37. The van der Waals surface area contributed by atoms with Crippen LogP contribution in [-0.4, -0.2) is 43.5 Å². The number of nitrogens with zero attached hydrogens (tertiary/aromatic N) is 1. The van der Waals surface area contributed by atoms with Crippen LogP contribution in [0.3, 0.4) is 0 Å². The summed E-state index contributed by atoms with van der Waals surface area (Å²) in [7, 11) is 1.57. The van der Waals surface area contributed by atoms with Gasteiger partial charge in [0.15, 0.2) is 0 Å². The van der Waals surface area contributed by atoms with E-state index in [9.17, 15) is 9.59 Å². The summed E-state index contributed by atoms with van der Waals surface area (Å²) in [6.45, 7) is 3.35. The summed E-state index contributed by atoms with van der Waals surface area (Å²) >= 11 is 0. The standard InChI is InChI=1S/C21H25N3O3/c1-27-19-9-7-18(8-10-19)23-21(26)20(25)22-12-4-13-24-14-11-16-5-2-3-6-17(16)15-24/h2-3,5-10H,4,11-15H2,1H3,(H,22,25)(H,23,26). The summed E-state index contributed by atoms with van der Waals surface area (Å²) < 4.78 is 5.06. The van der Waals surface area contributed by atoms with Crippen LogP contribution in [0.2, 0.25) is 0 Å². The van der Waals surface area contributed by atoms with Crippen LogP contribution >= 0.6 is 0 Å². The van der Waals surface area contributed by atoms with Crippen molar-refractivity contribution in [3.63, 3.8) is 0 Å². The first kappa shape index (κ1) is 18.9. The molecule has 3 rings (SSSR count). The van der Waals surface area contributed by atoms with Gasteiger partial charge in [0.1, 0.15) is 5.75 Å². The Morgan fingerprint density at radius 1 is 1.04 bits per heavy atom. The number of methoxy groups -OCH3 is 1. The normalized spacial score (nSPS) is 13.5. The number of hydrogen-bond donors (Lipinski definition) is 2. The number of hydrogen-bond acceptors (Lipinski definition) is 4. The summed E-state index contributed by atoms with van der Waals surface area (Å²) in [5.41, 5.74) is 3.37. The fraction of sp³-hybridized carbons (Fsp3) is 0.333. The minimum Gasteiger partial charge on any atom is -0.497 e. The van der Waals surface area contributed by atoms with Crippen LogP contribution in [0.5, 0.6) is 5.75 Å². The first-order chi connectivity index (χ1) is 13.2. The van der Waals surface area contributed by atoms with Gasteiger partial charge in [-0.1, -0.05) is 24.3 Å². The molecule has 2 aromatic rings. The average molecular weight is 367 g/mol. The number of carbonyl (C=O) groups is 2. The molecule has 6 heteroatoms. The monoisotopic (exact) mass is 367 g/mol. The van der Waals surface area contributed by atoms with E-state index in [-0.39, 0.29) is 0 Å². The van der Waals surface area contributed by atoms with Crippen LogP contribution in [0.15, 0.2) is 48.5 Å². The maximum atomic E-state index is 11.9. The van der Waals surface area contributed by atoms with Gasteiger partial charge in [0.25, 0.3) is 0 Å². The first-order valence-corrected chi connectivity index (χ1v) is 9.18. The van der Waals surface area contributed by atoms with Crippen molar-refractivity contribution in [1.82, 2.24) is 10.2 Å². The number of rotatable bonds is 6. The molecule has 6 nitrogen and oxygen atoms in total. The van der Waals surface area contributed by atoms with E-state index in [1.165, 1.54) is 11.1 Å². The van der Waals surface area contributed by atoms with Crippen molar-refractivity contribution in [2.45, 2.75) is 19.4 Å². The smallest absolute Gasteiger partial charge is 0.313 e. The highest BCUT2D eigenvalue weighted by Crippen LogP contribution is 2.18. The lowest BCUT2D eigenvalue weighted by molar-refractivity contribution is -0.136. The van der Waals surface area contributed by atoms with Gasteiger partial charge in [0.2, 0.25) is 0 Å². The maximum Gasteiger partial charge on any atom is 0.313 e. The van der Waals surface area contributed by atoms with E-state index in [4.69, 9.17) is 4.74 Å². The number of benzene rings is 2. The summed E-state index contributed by atoms with van der Waals surface area (Å²) in [6.07, 6.45) is 1.87. The zero-order valence-electron chi connectivity index (χ0n) is 15.5. The number of ether oxygens (including phenoxy) is 1. The lowest BCUT2D eigenvalue weighted by Gasteiger charge is -2.28.